The number of likely N-dealkylation sites (tertiary alicyclic amines) is 1. The number of rotatable bonds is 11. The lowest BCUT2D eigenvalue weighted by atomic mass is 9.76. The molecule has 2 aromatic rings. The number of nitrogens with one attached hydrogen (secondary N) is 2. The number of piperidine rings is 1. The van der Waals surface area contributed by atoms with Gasteiger partial charge in [0.15, 0.2) is 5.13 Å². The van der Waals surface area contributed by atoms with Crippen molar-refractivity contribution in [2.45, 2.75) is 40.0 Å². The molecule has 0 radical (unpaired) electrons. The molecule has 1 aromatic heterocycles. The normalized spacial score (nSPS) is 15.6. The van der Waals surface area contributed by atoms with Crippen molar-refractivity contribution in [3.8, 4) is 0 Å². The van der Waals surface area contributed by atoms with E-state index in [-0.39, 0.29) is 12.0 Å². The van der Waals surface area contributed by atoms with Gasteiger partial charge >= 0.3 is 12.0 Å². The van der Waals surface area contributed by atoms with E-state index in [2.05, 4.69) is 37.2 Å². The number of urea groups is 1. The van der Waals surface area contributed by atoms with Crippen molar-refractivity contribution in [1.82, 2.24) is 15.2 Å². The summed E-state index contributed by atoms with van der Waals surface area (Å²) in [6.07, 6.45) is 6.82. The van der Waals surface area contributed by atoms with Crippen LogP contribution >= 0.6 is 11.3 Å². The van der Waals surface area contributed by atoms with E-state index in [0.717, 1.165) is 22.2 Å². The molecule has 39 heavy (non-hydrogen) atoms. The first-order chi connectivity index (χ1) is 18.8. The first kappa shape index (κ1) is 29.6. The van der Waals surface area contributed by atoms with E-state index < -0.39 is 5.41 Å². The summed E-state index contributed by atoms with van der Waals surface area (Å²) in [6.45, 7) is 12.0. The van der Waals surface area contributed by atoms with Crippen LogP contribution < -0.4 is 16.4 Å². The minimum atomic E-state index is -0.452. The summed E-state index contributed by atoms with van der Waals surface area (Å²) in [6, 6.07) is 3.46. The van der Waals surface area contributed by atoms with Crippen LogP contribution in [0.25, 0.3) is 15.8 Å². The van der Waals surface area contributed by atoms with Gasteiger partial charge in [-0.3, -0.25) is 10.1 Å². The Labute approximate surface area is 232 Å². The molecule has 2 amide bonds. The Morgan fingerprint density at radius 1 is 1.28 bits per heavy atom. The Balaban J connectivity index is 1.80. The maximum absolute atomic E-state index is 12.5. The van der Waals surface area contributed by atoms with Crippen LogP contribution in [0.1, 0.15) is 51.2 Å². The molecule has 0 bridgehead atoms. The predicted molar refractivity (Wildman–Crippen MR) is 157 cm³/mol. The third kappa shape index (κ3) is 7.14. The smallest absolute Gasteiger partial charge is 0.321 e. The van der Waals surface area contributed by atoms with E-state index in [4.69, 9.17) is 15.3 Å². The molecular formula is C27H37N7O4S. The van der Waals surface area contributed by atoms with Crippen LogP contribution in [-0.4, -0.2) is 67.7 Å². The summed E-state index contributed by atoms with van der Waals surface area (Å²) in [5, 5.41) is 9.81. The van der Waals surface area contributed by atoms with Crippen molar-refractivity contribution >= 4 is 56.7 Å². The van der Waals surface area contributed by atoms with Gasteiger partial charge in [0.25, 0.3) is 0 Å². The van der Waals surface area contributed by atoms with E-state index in [1.54, 1.807) is 12.4 Å². The number of fused-ring (bicyclic) bond motifs is 1. The van der Waals surface area contributed by atoms with Gasteiger partial charge in [-0.1, -0.05) is 30.0 Å². The predicted octanol–water partition coefficient (Wildman–Crippen LogP) is 4.31. The number of hydrogen-bond acceptors (Lipinski definition) is 10. The second-order valence-electron chi connectivity index (χ2n) is 8.97. The fraction of sp³-hybridized carbons (Fsp3) is 0.444. The van der Waals surface area contributed by atoms with Gasteiger partial charge in [0.1, 0.15) is 12.9 Å². The lowest BCUT2D eigenvalue weighted by Gasteiger charge is -2.40. The number of carbonyl (C=O) groups is 2. The molecule has 210 valence electrons. The number of esters is 1. The molecule has 1 aliphatic rings. The molecule has 3 rings (SSSR count). The van der Waals surface area contributed by atoms with Crippen LogP contribution in [0.5, 0.6) is 0 Å². The third-order valence-electron chi connectivity index (χ3n) is 6.71. The van der Waals surface area contributed by atoms with Crippen LogP contribution in [-0.2, 0) is 14.4 Å². The van der Waals surface area contributed by atoms with Crippen LogP contribution in [0.15, 0.2) is 40.9 Å². The molecule has 0 atom stereocenters. The van der Waals surface area contributed by atoms with Crippen molar-refractivity contribution < 1.29 is 19.2 Å². The summed E-state index contributed by atoms with van der Waals surface area (Å²) in [7, 11) is 1.47. The summed E-state index contributed by atoms with van der Waals surface area (Å²) in [5.41, 5.74) is 8.38. The number of thiazole rings is 1. The number of aliphatic imine (C=N–C) groups is 1. The van der Waals surface area contributed by atoms with Gasteiger partial charge in [0.2, 0.25) is 0 Å². The van der Waals surface area contributed by atoms with E-state index in [1.807, 2.05) is 32.9 Å². The van der Waals surface area contributed by atoms with Gasteiger partial charge in [0, 0.05) is 43.2 Å². The highest BCUT2D eigenvalue weighted by atomic mass is 32.1. The Kier molecular flexibility index (Phi) is 10.4. The van der Waals surface area contributed by atoms with Gasteiger partial charge in [-0.15, -0.1) is 0 Å². The Bertz CT molecular complexity index is 1280. The fourth-order valence-corrected chi connectivity index (χ4v) is 5.32. The maximum atomic E-state index is 12.5. The summed E-state index contributed by atoms with van der Waals surface area (Å²) in [4.78, 5) is 40.6. The largest absolute Gasteiger partial charge is 0.466 e. The number of nitrogens with two attached hydrogens (primary N) is 1. The molecule has 0 unspecified atom stereocenters. The minimum absolute atomic E-state index is 0.121. The van der Waals surface area contributed by atoms with Crippen molar-refractivity contribution in [3.05, 3.63) is 41.9 Å². The number of anilines is 1. The Morgan fingerprint density at radius 3 is 2.64 bits per heavy atom. The zero-order chi connectivity index (χ0) is 28.4. The molecule has 2 heterocycles. The van der Waals surface area contributed by atoms with E-state index in [9.17, 15) is 9.59 Å². The molecular weight excluding hydrogens is 518 g/mol. The molecule has 0 spiro atoms. The fourth-order valence-electron chi connectivity index (χ4n) is 4.40. The number of benzene rings is 1. The Hall–Kier alpha value is -3.93. The molecule has 11 nitrogen and oxygen atoms in total. The van der Waals surface area contributed by atoms with E-state index >= 15 is 0 Å². The zero-order valence-corrected chi connectivity index (χ0v) is 23.8. The number of nitrogens with zero attached hydrogens (tertiary/aromatic N) is 4. The second-order valence-corrected chi connectivity index (χ2v) is 9.97. The molecule has 0 saturated carbocycles. The topological polar surface area (TPSA) is 144 Å². The quantitative estimate of drug-likeness (QED) is 0.213. The van der Waals surface area contributed by atoms with Crippen LogP contribution in [0.4, 0.5) is 9.93 Å². The molecule has 1 saturated heterocycles. The summed E-state index contributed by atoms with van der Waals surface area (Å²) >= 11 is 1.33. The lowest BCUT2D eigenvalue weighted by Crippen LogP contribution is -2.44. The monoisotopic (exact) mass is 555 g/mol. The van der Waals surface area contributed by atoms with Crippen LogP contribution in [0.3, 0.4) is 0 Å². The SMILES string of the molecule is C=C(N=C/C(=C\N)c1cc(/C=N/OC)c2sc(NC(=O)NCC)nc2c1)N1CCC(CC)(C(=O)OCC)CC1. The molecule has 1 fully saturated rings. The van der Waals surface area contributed by atoms with Crippen molar-refractivity contribution in [2.24, 2.45) is 21.3 Å². The number of oxime groups is 1. The highest BCUT2D eigenvalue weighted by Crippen LogP contribution is 2.37. The van der Waals surface area contributed by atoms with Gasteiger partial charge in [-0.25, -0.2) is 14.8 Å². The second kappa shape index (κ2) is 13.7. The van der Waals surface area contributed by atoms with E-state index in [0.29, 0.717) is 61.1 Å². The molecule has 1 aromatic carbocycles. The lowest BCUT2D eigenvalue weighted by molar-refractivity contribution is -0.158. The molecule has 12 heteroatoms. The summed E-state index contributed by atoms with van der Waals surface area (Å²) < 4.78 is 6.17. The number of aromatic nitrogens is 1. The van der Waals surface area contributed by atoms with Gasteiger partial charge in [-0.2, -0.15) is 0 Å². The minimum Gasteiger partial charge on any atom is -0.466 e. The summed E-state index contributed by atoms with van der Waals surface area (Å²) in [5.74, 6) is 0.469. The average Bonchev–Trinajstić information content (AvgIpc) is 3.34. The highest BCUT2D eigenvalue weighted by molar-refractivity contribution is 7.22. The first-order valence-corrected chi connectivity index (χ1v) is 13.8. The average molecular weight is 556 g/mol. The first-order valence-electron chi connectivity index (χ1n) is 12.9. The third-order valence-corrected chi connectivity index (χ3v) is 7.75. The molecule has 1 aliphatic heterocycles. The van der Waals surface area contributed by atoms with Crippen LogP contribution in [0, 0.1) is 5.41 Å². The van der Waals surface area contributed by atoms with Gasteiger partial charge < -0.3 is 25.5 Å². The van der Waals surface area contributed by atoms with Crippen molar-refractivity contribution in [1.29, 1.82) is 0 Å². The Morgan fingerprint density at radius 2 is 2.03 bits per heavy atom. The number of amides is 2. The van der Waals surface area contributed by atoms with Gasteiger partial charge in [-0.05, 0) is 50.8 Å². The van der Waals surface area contributed by atoms with Crippen molar-refractivity contribution in [2.75, 3.05) is 38.7 Å². The van der Waals surface area contributed by atoms with E-state index in [1.165, 1.54) is 24.6 Å². The number of allylic oxidation sites excluding steroid dienone is 1. The molecule has 0 aliphatic carbocycles. The standard InChI is InChI=1S/C27H37N7O4S/c1-6-27(24(35)38-8-3)9-11-34(12-10-27)18(4)30-16-21(15-28)19-13-20(17-31-37-5)23-22(14-19)32-26(39-23)33-25(36)29-7-2/h13-17H,4,6-12,28H2,1-3,5H3,(H2,29,32,33,36)/b21-15+,30-16?,31-17+. The highest BCUT2D eigenvalue weighted by Gasteiger charge is 2.41. The zero-order valence-electron chi connectivity index (χ0n) is 23.0. The van der Waals surface area contributed by atoms with Crippen molar-refractivity contribution in [3.63, 3.8) is 0 Å². The molecule has 4 N–H and O–H groups in total. The number of carbonyl (C=O) groups excluding carboxylic acids is 2. The number of ether oxygens (including phenoxy) is 1. The van der Waals surface area contributed by atoms with Gasteiger partial charge in [0.05, 0.1) is 28.5 Å². The number of hydrogen-bond donors (Lipinski definition) is 3. The van der Waals surface area contributed by atoms with Crippen LogP contribution in [0.2, 0.25) is 0 Å². The maximum Gasteiger partial charge on any atom is 0.321 e.